The second-order valence-electron chi connectivity index (χ2n) is 6.72. The second-order valence-corrected chi connectivity index (χ2v) is 6.72. The van der Waals surface area contributed by atoms with Crippen LogP contribution >= 0.6 is 0 Å². The Morgan fingerprint density at radius 2 is 1.76 bits per heavy atom. The minimum atomic E-state index is -0.307. The molecule has 0 fully saturated rings. The molecule has 0 heterocycles. The summed E-state index contributed by atoms with van der Waals surface area (Å²) < 4.78 is 0. The molecule has 1 aliphatic rings. The zero-order valence-electron chi connectivity index (χ0n) is 14.4. The Balaban J connectivity index is 1.48. The maximum absolute atomic E-state index is 12.6. The topological polar surface area (TPSA) is 41.1 Å². The number of hydrogen-bond donors (Lipinski definition) is 2. The first-order valence-corrected chi connectivity index (χ1v) is 8.88. The van der Waals surface area contributed by atoms with Crippen molar-refractivity contribution in [1.82, 2.24) is 0 Å². The summed E-state index contributed by atoms with van der Waals surface area (Å²) in [6.07, 6.45) is 3.55. The van der Waals surface area contributed by atoms with Gasteiger partial charge in [-0.25, -0.2) is 0 Å². The number of nitrogens with one attached hydrogen (secondary N) is 2. The summed E-state index contributed by atoms with van der Waals surface area (Å²) in [6, 6.07) is 20.2. The zero-order chi connectivity index (χ0) is 17.2. The molecule has 1 atom stereocenters. The molecule has 25 heavy (non-hydrogen) atoms. The number of amides is 1. The molecule has 0 aliphatic heterocycles. The summed E-state index contributed by atoms with van der Waals surface area (Å²) in [5, 5.41) is 8.57. The molecular weight excluding hydrogens is 308 g/mol. The maximum Gasteiger partial charge on any atom is 0.246 e. The number of aryl methyl sites for hydroxylation is 2. The van der Waals surface area contributed by atoms with Crippen molar-refractivity contribution in [1.29, 1.82) is 0 Å². The fourth-order valence-electron chi connectivity index (χ4n) is 3.55. The van der Waals surface area contributed by atoms with Crippen molar-refractivity contribution in [2.45, 2.75) is 32.2 Å². The highest BCUT2D eigenvalue weighted by atomic mass is 16.2. The quantitative estimate of drug-likeness (QED) is 0.723. The molecular formula is C22H22N2O. The van der Waals surface area contributed by atoms with Gasteiger partial charge in [-0.3, -0.25) is 4.79 Å². The van der Waals surface area contributed by atoms with E-state index < -0.39 is 0 Å². The number of fused-ring (bicyclic) bond motifs is 2. The Hall–Kier alpha value is -2.81. The molecule has 2 N–H and O–H groups in total. The van der Waals surface area contributed by atoms with Gasteiger partial charge in [-0.15, -0.1) is 0 Å². The van der Waals surface area contributed by atoms with Crippen molar-refractivity contribution in [2.75, 3.05) is 10.6 Å². The molecule has 126 valence electrons. The Morgan fingerprint density at radius 1 is 0.960 bits per heavy atom. The van der Waals surface area contributed by atoms with Gasteiger partial charge in [-0.2, -0.15) is 0 Å². The number of benzene rings is 3. The lowest BCUT2D eigenvalue weighted by Crippen LogP contribution is -2.31. The molecule has 3 aromatic rings. The third kappa shape index (κ3) is 3.22. The van der Waals surface area contributed by atoms with E-state index in [9.17, 15) is 4.79 Å². The van der Waals surface area contributed by atoms with Gasteiger partial charge in [-0.1, -0.05) is 42.5 Å². The highest BCUT2D eigenvalue weighted by Crippen LogP contribution is 2.26. The van der Waals surface area contributed by atoms with Crippen LogP contribution in [-0.4, -0.2) is 11.9 Å². The van der Waals surface area contributed by atoms with Crippen molar-refractivity contribution in [2.24, 2.45) is 0 Å². The fourth-order valence-corrected chi connectivity index (χ4v) is 3.55. The van der Waals surface area contributed by atoms with Crippen LogP contribution in [0.3, 0.4) is 0 Å². The molecule has 3 nitrogen and oxygen atoms in total. The molecule has 3 aromatic carbocycles. The summed E-state index contributed by atoms with van der Waals surface area (Å²) in [4.78, 5) is 12.6. The van der Waals surface area contributed by atoms with Gasteiger partial charge >= 0.3 is 0 Å². The van der Waals surface area contributed by atoms with Gasteiger partial charge in [0.25, 0.3) is 0 Å². The van der Waals surface area contributed by atoms with Crippen molar-refractivity contribution >= 4 is 28.1 Å². The van der Waals surface area contributed by atoms with Crippen LogP contribution in [0.15, 0.2) is 60.7 Å². The van der Waals surface area contributed by atoms with Crippen molar-refractivity contribution < 1.29 is 4.79 Å². The molecule has 0 saturated heterocycles. The summed E-state index contributed by atoms with van der Waals surface area (Å²) in [6.45, 7) is 1.90. The van der Waals surface area contributed by atoms with Gasteiger partial charge in [0.1, 0.15) is 6.04 Å². The standard InChI is InChI=1S/C22H22N2O/c1-15(23-19-13-12-16-7-4-9-18(16)14-19)22(25)24-21-11-5-8-17-6-2-3-10-20(17)21/h2-3,5-6,8,10-15,23H,4,7,9H2,1H3,(H,24,25). The van der Waals surface area contributed by atoms with Crippen LogP contribution in [0.1, 0.15) is 24.5 Å². The van der Waals surface area contributed by atoms with Crippen molar-refractivity contribution in [3.63, 3.8) is 0 Å². The zero-order valence-corrected chi connectivity index (χ0v) is 14.4. The van der Waals surface area contributed by atoms with Gasteiger partial charge in [0.2, 0.25) is 5.91 Å². The summed E-state index contributed by atoms with van der Waals surface area (Å²) in [5.41, 5.74) is 4.72. The number of carbonyl (C=O) groups is 1. The minimum absolute atomic E-state index is 0.0307. The van der Waals surface area contributed by atoms with Crippen LogP contribution in [0.2, 0.25) is 0 Å². The van der Waals surface area contributed by atoms with Gasteiger partial charge < -0.3 is 10.6 Å². The van der Waals surface area contributed by atoms with E-state index in [1.807, 2.05) is 37.3 Å². The fraction of sp³-hybridized carbons (Fsp3) is 0.227. The Labute approximate surface area is 148 Å². The molecule has 1 unspecified atom stereocenters. The third-order valence-electron chi connectivity index (χ3n) is 4.92. The van der Waals surface area contributed by atoms with Crippen molar-refractivity contribution in [3.05, 3.63) is 71.8 Å². The van der Waals surface area contributed by atoms with E-state index in [1.54, 1.807) is 0 Å². The molecule has 4 rings (SSSR count). The average Bonchev–Trinajstić information content (AvgIpc) is 3.10. The van der Waals surface area contributed by atoms with E-state index >= 15 is 0 Å². The Bertz CT molecular complexity index is 927. The monoisotopic (exact) mass is 330 g/mol. The molecule has 0 radical (unpaired) electrons. The highest BCUT2D eigenvalue weighted by Gasteiger charge is 2.16. The minimum Gasteiger partial charge on any atom is -0.374 e. The number of hydrogen-bond acceptors (Lipinski definition) is 2. The predicted molar refractivity (Wildman–Crippen MR) is 104 cm³/mol. The normalized spacial score (nSPS) is 14.1. The first kappa shape index (κ1) is 15.7. The van der Waals surface area contributed by atoms with E-state index in [-0.39, 0.29) is 11.9 Å². The molecule has 0 aromatic heterocycles. The van der Waals surface area contributed by atoms with Crippen LogP contribution in [-0.2, 0) is 17.6 Å². The second kappa shape index (κ2) is 6.60. The van der Waals surface area contributed by atoms with Gasteiger partial charge in [0.15, 0.2) is 0 Å². The van der Waals surface area contributed by atoms with E-state index in [1.165, 1.54) is 24.0 Å². The molecule has 3 heteroatoms. The number of carbonyl (C=O) groups excluding carboxylic acids is 1. The third-order valence-corrected chi connectivity index (χ3v) is 4.92. The van der Waals surface area contributed by atoms with Crippen molar-refractivity contribution in [3.8, 4) is 0 Å². The van der Waals surface area contributed by atoms with E-state index in [2.05, 4.69) is 41.0 Å². The summed E-state index contributed by atoms with van der Waals surface area (Å²) in [7, 11) is 0. The van der Waals surface area contributed by atoms with Crippen LogP contribution in [0.4, 0.5) is 11.4 Å². The largest absolute Gasteiger partial charge is 0.374 e. The SMILES string of the molecule is CC(Nc1ccc2c(c1)CCC2)C(=O)Nc1cccc2ccccc12. The number of anilines is 2. The average molecular weight is 330 g/mol. The smallest absolute Gasteiger partial charge is 0.246 e. The maximum atomic E-state index is 12.6. The molecule has 0 spiro atoms. The van der Waals surface area contributed by atoms with Crippen LogP contribution in [0.25, 0.3) is 10.8 Å². The molecule has 0 saturated carbocycles. The molecule has 0 bridgehead atoms. The lowest BCUT2D eigenvalue weighted by molar-refractivity contribution is -0.116. The Morgan fingerprint density at radius 3 is 2.68 bits per heavy atom. The molecule has 1 amide bonds. The number of rotatable bonds is 4. The van der Waals surface area contributed by atoms with Gasteiger partial charge in [0, 0.05) is 16.8 Å². The van der Waals surface area contributed by atoms with Crippen LogP contribution in [0, 0.1) is 0 Å². The predicted octanol–water partition coefficient (Wildman–Crippen LogP) is 4.77. The lowest BCUT2D eigenvalue weighted by Gasteiger charge is -2.17. The van der Waals surface area contributed by atoms with Gasteiger partial charge in [0.05, 0.1) is 0 Å². The first-order valence-electron chi connectivity index (χ1n) is 8.88. The summed E-state index contributed by atoms with van der Waals surface area (Å²) in [5.74, 6) is -0.0307. The summed E-state index contributed by atoms with van der Waals surface area (Å²) >= 11 is 0. The Kier molecular flexibility index (Phi) is 4.14. The van der Waals surface area contributed by atoms with E-state index in [0.29, 0.717) is 0 Å². The van der Waals surface area contributed by atoms with E-state index in [0.717, 1.165) is 28.6 Å². The highest BCUT2D eigenvalue weighted by molar-refractivity contribution is 6.04. The van der Waals surface area contributed by atoms with E-state index in [4.69, 9.17) is 0 Å². The van der Waals surface area contributed by atoms with Crippen LogP contribution in [0.5, 0.6) is 0 Å². The first-order chi connectivity index (χ1) is 12.2. The molecule has 1 aliphatic carbocycles. The van der Waals surface area contributed by atoms with Crippen LogP contribution < -0.4 is 10.6 Å². The lowest BCUT2D eigenvalue weighted by atomic mass is 10.1. The van der Waals surface area contributed by atoms with Gasteiger partial charge in [-0.05, 0) is 60.9 Å².